The van der Waals surface area contributed by atoms with Crippen molar-refractivity contribution < 1.29 is 0 Å². The number of nitrogens with two attached hydrogens (primary N) is 1. The number of hydrogen-bond acceptors (Lipinski definition) is 5. The zero-order valence-electron chi connectivity index (χ0n) is 8.68. The highest BCUT2D eigenvalue weighted by atomic mass is 35.5. The van der Waals surface area contributed by atoms with Crippen LogP contribution in [0.1, 0.15) is 5.82 Å². The maximum Gasteiger partial charge on any atom is 0.157 e. The molecule has 0 aliphatic rings. The maximum absolute atomic E-state index is 5.77. The van der Waals surface area contributed by atoms with Crippen LogP contribution in [0.3, 0.4) is 0 Å². The molecule has 0 bridgehead atoms. The van der Waals surface area contributed by atoms with Crippen molar-refractivity contribution >= 4 is 23.1 Å². The van der Waals surface area contributed by atoms with E-state index in [0.717, 1.165) is 5.82 Å². The van der Waals surface area contributed by atoms with Crippen LogP contribution in [0, 0.1) is 0 Å². The fraction of sp³-hybridized carbons (Fsp3) is 0.222. The molecule has 0 unspecified atom stereocenters. The molecule has 2 rings (SSSR count). The van der Waals surface area contributed by atoms with Crippen LogP contribution in [0.25, 0.3) is 0 Å². The molecular formula is C9H11ClN6. The number of nitrogens with zero attached hydrogens (tertiary/aromatic N) is 4. The normalized spacial score (nSPS) is 10.4. The summed E-state index contributed by atoms with van der Waals surface area (Å²) in [5, 5.41) is 3.30. The fourth-order valence-corrected chi connectivity index (χ4v) is 1.38. The molecule has 16 heavy (non-hydrogen) atoms. The van der Waals surface area contributed by atoms with E-state index in [9.17, 15) is 0 Å². The molecule has 84 valence electrons. The van der Waals surface area contributed by atoms with E-state index in [0.29, 0.717) is 18.1 Å². The quantitative estimate of drug-likeness (QED) is 0.782. The van der Waals surface area contributed by atoms with Gasteiger partial charge in [-0.1, -0.05) is 11.6 Å². The highest BCUT2D eigenvalue weighted by molar-refractivity contribution is 6.32. The lowest BCUT2D eigenvalue weighted by molar-refractivity contribution is 0.810. The van der Waals surface area contributed by atoms with Crippen molar-refractivity contribution in [3.8, 4) is 0 Å². The monoisotopic (exact) mass is 238 g/mol. The minimum atomic E-state index is 0.248. The van der Waals surface area contributed by atoms with Crippen molar-refractivity contribution in [1.29, 1.82) is 0 Å². The largest absolute Gasteiger partial charge is 0.393 e. The molecule has 0 atom stereocenters. The van der Waals surface area contributed by atoms with Gasteiger partial charge in [-0.2, -0.15) is 0 Å². The Balaban J connectivity index is 2.11. The van der Waals surface area contributed by atoms with Gasteiger partial charge in [-0.25, -0.2) is 15.0 Å². The van der Waals surface area contributed by atoms with Gasteiger partial charge in [-0.05, 0) is 0 Å². The van der Waals surface area contributed by atoms with Crippen molar-refractivity contribution in [2.24, 2.45) is 7.05 Å². The average molecular weight is 239 g/mol. The van der Waals surface area contributed by atoms with Crippen molar-refractivity contribution in [3.05, 3.63) is 29.7 Å². The number of anilines is 2. The number of hydrogen-bond donors (Lipinski definition) is 2. The van der Waals surface area contributed by atoms with Crippen molar-refractivity contribution in [2.45, 2.75) is 6.54 Å². The van der Waals surface area contributed by atoms with Crippen molar-refractivity contribution in [2.75, 3.05) is 11.1 Å². The Morgan fingerprint density at radius 1 is 1.44 bits per heavy atom. The fourth-order valence-electron chi connectivity index (χ4n) is 1.24. The summed E-state index contributed by atoms with van der Waals surface area (Å²) in [4.78, 5) is 11.9. The van der Waals surface area contributed by atoms with Gasteiger partial charge in [0.1, 0.15) is 17.8 Å². The van der Waals surface area contributed by atoms with E-state index in [4.69, 9.17) is 17.3 Å². The smallest absolute Gasteiger partial charge is 0.157 e. The first-order valence-corrected chi connectivity index (χ1v) is 5.02. The van der Waals surface area contributed by atoms with Crippen LogP contribution >= 0.6 is 11.6 Å². The standard InChI is InChI=1S/C9H11ClN6/c1-16-3-2-12-6(16)4-13-9-7(11)8(10)14-5-15-9/h2-3,5H,4,11H2,1H3,(H,13,14,15). The second-order valence-corrected chi connectivity index (χ2v) is 3.59. The molecule has 0 aromatic carbocycles. The van der Waals surface area contributed by atoms with Crippen molar-refractivity contribution in [3.63, 3.8) is 0 Å². The summed E-state index contributed by atoms with van der Waals surface area (Å²) in [7, 11) is 1.92. The van der Waals surface area contributed by atoms with Crippen LogP contribution in [0.2, 0.25) is 5.15 Å². The van der Waals surface area contributed by atoms with Gasteiger partial charge in [0.15, 0.2) is 11.0 Å². The van der Waals surface area contributed by atoms with Gasteiger partial charge in [0.2, 0.25) is 0 Å². The molecule has 0 spiro atoms. The van der Waals surface area contributed by atoms with E-state index < -0.39 is 0 Å². The lowest BCUT2D eigenvalue weighted by atomic mass is 10.4. The Hall–Kier alpha value is -1.82. The van der Waals surface area contributed by atoms with Gasteiger partial charge in [0, 0.05) is 19.4 Å². The molecule has 0 aliphatic carbocycles. The van der Waals surface area contributed by atoms with Gasteiger partial charge < -0.3 is 15.6 Å². The number of imidazole rings is 1. The molecule has 7 heteroatoms. The summed E-state index contributed by atoms with van der Waals surface area (Å²) >= 11 is 5.77. The molecule has 2 heterocycles. The lowest BCUT2D eigenvalue weighted by Crippen LogP contribution is -2.09. The van der Waals surface area contributed by atoms with E-state index in [1.54, 1.807) is 6.20 Å². The predicted molar refractivity (Wildman–Crippen MR) is 62.0 cm³/mol. The third kappa shape index (κ3) is 2.06. The highest BCUT2D eigenvalue weighted by Gasteiger charge is 2.06. The molecule has 0 fully saturated rings. The Morgan fingerprint density at radius 2 is 2.25 bits per heavy atom. The summed E-state index contributed by atoms with van der Waals surface area (Å²) < 4.78 is 1.91. The van der Waals surface area contributed by atoms with Crippen LogP contribution in [-0.2, 0) is 13.6 Å². The van der Waals surface area contributed by atoms with Crippen molar-refractivity contribution in [1.82, 2.24) is 19.5 Å². The van der Waals surface area contributed by atoms with E-state index in [2.05, 4.69) is 20.3 Å². The Kier molecular flexibility index (Phi) is 2.91. The highest BCUT2D eigenvalue weighted by Crippen LogP contribution is 2.21. The van der Waals surface area contributed by atoms with E-state index in [1.165, 1.54) is 6.33 Å². The lowest BCUT2D eigenvalue weighted by Gasteiger charge is -2.08. The number of nitrogens with one attached hydrogen (secondary N) is 1. The molecule has 0 aliphatic heterocycles. The van der Waals surface area contributed by atoms with Gasteiger partial charge in [-0.15, -0.1) is 0 Å². The summed E-state index contributed by atoms with van der Waals surface area (Å²) in [6.07, 6.45) is 4.96. The number of aryl methyl sites for hydroxylation is 1. The first-order valence-electron chi connectivity index (χ1n) is 4.64. The summed E-state index contributed by atoms with van der Waals surface area (Å²) in [5.41, 5.74) is 6.06. The summed E-state index contributed by atoms with van der Waals surface area (Å²) in [5.74, 6) is 1.40. The Morgan fingerprint density at radius 3 is 2.94 bits per heavy atom. The van der Waals surface area contributed by atoms with Gasteiger partial charge >= 0.3 is 0 Å². The third-order valence-electron chi connectivity index (χ3n) is 2.17. The van der Waals surface area contributed by atoms with E-state index in [1.807, 2.05) is 17.8 Å². The molecule has 0 saturated carbocycles. The topological polar surface area (TPSA) is 81.7 Å². The Labute approximate surface area is 97.5 Å². The number of aromatic nitrogens is 4. The van der Waals surface area contributed by atoms with Crippen LogP contribution in [0.5, 0.6) is 0 Å². The molecule has 2 aromatic rings. The van der Waals surface area contributed by atoms with Gasteiger partial charge in [0.05, 0.1) is 6.54 Å². The molecule has 0 radical (unpaired) electrons. The average Bonchev–Trinajstić information content (AvgIpc) is 2.67. The summed E-state index contributed by atoms with van der Waals surface area (Å²) in [6, 6.07) is 0. The first-order chi connectivity index (χ1) is 7.68. The van der Waals surface area contributed by atoms with Crippen LogP contribution < -0.4 is 11.1 Å². The number of halogens is 1. The van der Waals surface area contributed by atoms with Crippen LogP contribution in [0.15, 0.2) is 18.7 Å². The number of rotatable bonds is 3. The minimum absolute atomic E-state index is 0.248. The Bertz CT molecular complexity index is 494. The second kappa shape index (κ2) is 4.36. The molecule has 2 aromatic heterocycles. The molecule has 6 nitrogen and oxygen atoms in total. The second-order valence-electron chi connectivity index (χ2n) is 3.23. The van der Waals surface area contributed by atoms with Crippen LogP contribution in [0.4, 0.5) is 11.5 Å². The number of nitrogen functional groups attached to an aromatic ring is 1. The first kappa shape index (κ1) is 10.7. The molecule has 3 N–H and O–H groups in total. The van der Waals surface area contributed by atoms with E-state index in [-0.39, 0.29) is 5.15 Å². The molecule has 0 saturated heterocycles. The molecular weight excluding hydrogens is 228 g/mol. The third-order valence-corrected chi connectivity index (χ3v) is 2.47. The van der Waals surface area contributed by atoms with Gasteiger partial charge in [0.25, 0.3) is 0 Å². The molecule has 0 amide bonds. The SMILES string of the molecule is Cn1ccnc1CNc1ncnc(Cl)c1N. The minimum Gasteiger partial charge on any atom is -0.393 e. The van der Waals surface area contributed by atoms with E-state index >= 15 is 0 Å². The van der Waals surface area contributed by atoms with Crippen LogP contribution in [-0.4, -0.2) is 19.5 Å². The summed E-state index contributed by atoms with van der Waals surface area (Å²) in [6.45, 7) is 0.529. The zero-order chi connectivity index (χ0) is 11.5. The van der Waals surface area contributed by atoms with Gasteiger partial charge in [-0.3, -0.25) is 0 Å². The zero-order valence-corrected chi connectivity index (χ0v) is 9.44. The predicted octanol–water partition coefficient (Wildman–Crippen LogP) is 1.06. The maximum atomic E-state index is 5.77.